The third kappa shape index (κ3) is 2.29. The maximum absolute atomic E-state index is 2.24. The van der Waals surface area contributed by atoms with Crippen molar-refractivity contribution in [1.29, 1.82) is 0 Å². The van der Waals surface area contributed by atoms with Crippen molar-refractivity contribution < 1.29 is 0 Å². The summed E-state index contributed by atoms with van der Waals surface area (Å²) >= 11 is 1.79. The highest BCUT2D eigenvalue weighted by Crippen LogP contribution is 2.22. The average Bonchev–Trinajstić information content (AvgIpc) is 2.85. The highest BCUT2D eigenvalue weighted by atomic mass is 32.1. The fraction of sp³-hybridized carbons (Fsp3) is 0. The van der Waals surface area contributed by atoms with Crippen molar-refractivity contribution in [2.75, 3.05) is 0 Å². The molecule has 0 N–H and O–H groups in total. The van der Waals surface area contributed by atoms with Gasteiger partial charge in [-0.25, -0.2) is 0 Å². The van der Waals surface area contributed by atoms with Gasteiger partial charge in [0, 0.05) is 4.70 Å². The van der Waals surface area contributed by atoms with Gasteiger partial charge in [-0.2, -0.15) is 0 Å². The van der Waals surface area contributed by atoms with Gasteiger partial charge < -0.3 is 0 Å². The van der Waals surface area contributed by atoms with Gasteiger partial charge in [-0.05, 0) is 34.0 Å². The molecule has 0 saturated heterocycles. The number of hydrogen-bond acceptors (Lipinski definition) is 1. The number of rotatable bonds is 2. The van der Waals surface area contributed by atoms with Crippen LogP contribution >= 0.6 is 11.3 Å². The first-order valence-electron chi connectivity index (χ1n) is 5.62. The van der Waals surface area contributed by atoms with Crippen LogP contribution in [0.2, 0.25) is 0 Å². The zero-order chi connectivity index (χ0) is 11.5. The molecular weight excluding hydrogens is 224 g/mol. The monoisotopic (exact) mass is 236 g/mol. The van der Waals surface area contributed by atoms with Crippen molar-refractivity contribution in [2.45, 2.75) is 0 Å². The van der Waals surface area contributed by atoms with Gasteiger partial charge in [0.15, 0.2) is 0 Å². The maximum Gasteiger partial charge on any atom is 0.0348 e. The smallest absolute Gasteiger partial charge is 0.0348 e. The molecule has 0 radical (unpaired) electrons. The van der Waals surface area contributed by atoms with E-state index >= 15 is 0 Å². The predicted octanol–water partition coefficient (Wildman–Crippen LogP) is 5.07. The third-order valence-corrected chi connectivity index (χ3v) is 3.63. The number of thiophene rings is 1. The molecule has 0 fully saturated rings. The third-order valence-electron chi connectivity index (χ3n) is 2.75. The van der Waals surface area contributed by atoms with E-state index in [9.17, 15) is 0 Å². The summed E-state index contributed by atoms with van der Waals surface area (Å²) in [6.07, 6.45) is 4.31. The second-order valence-corrected chi connectivity index (χ2v) is 4.91. The Morgan fingerprint density at radius 3 is 2.47 bits per heavy atom. The molecule has 0 spiro atoms. The predicted molar refractivity (Wildman–Crippen MR) is 77.2 cm³/mol. The first-order chi connectivity index (χ1) is 8.42. The molecule has 0 amide bonds. The molecule has 82 valence electrons. The minimum atomic E-state index is 1.23. The minimum absolute atomic E-state index is 1.23. The van der Waals surface area contributed by atoms with E-state index in [2.05, 4.69) is 66.1 Å². The van der Waals surface area contributed by atoms with Crippen LogP contribution in [0.1, 0.15) is 11.1 Å². The molecule has 1 heteroatoms. The molecule has 0 unspecified atom stereocenters. The lowest BCUT2D eigenvalue weighted by molar-refractivity contribution is 1.66. The van der Waals surface area contributed by atoms with Crippen LogP contribution < -0.4 is 0 Å². The van der Waals surface area contributed by atoms with Crippen molar-refractivity contribution in [3.63, 3.8) is 0 Å². The molecule has 0 atom stereocenters. The Morgan fingerprint density at radius 1 is 0.765 bits per heavy atom. The zero-order valence-corrected chi connectivity index (χ0v) is 10.2. The Labute approximate surface area is 105 Å². The highest BCUT2D eigenvalue weighted by Gasteiger charge is 1.94. The molecule has 0 bridgehead atoms. The summed E-state index contributed by atoms with van der Waals surface area (Å²) in [5.74, 6) is 0. The molecule has 3 rings (SSSR count). The van der Waals surface area contributed by atoms with Crippen molar-refractivity contribution in [3.8, 4) is 0 Å². The van der Waals surface area contributed by atoms with Gasteiger partial charge in [-0.15, -0.1) is 11.3 Å². The molecule has 17 heavy (non-hydrogen) atoms. The average molecular weight is 236 g/mol. The fourth-order valence-corrected chi connectivity index (χ4v) is 2.67. The summed E-state index contributed by atoms with van der Waals surface area (Å²) in [5.41, 5.74) is 2.49. The minimum Gasteiger partial charge on any atom is -0.144 e. The van der Waals surface area contributed by atoms with Crippen LogP contribution in [-0.2, 0) is 0 Å². The topological polar surface area (TPSA) is 0 Å². The molecule has 0 aliphatic rings. The Morgan fingerprint density at radius 2 is 1.59 bits per heavy atom. The van der Waals surface area contributed by atoms with Gasteiger partial charge >= 0.3 is 0 Å². The van der Waals surface area contributed by atoms with Crippen molar-refractivity contribution in [3.05, 3.63) is 71.1 Å². The largest absolute Gasteiger partial charge is 0.144 e. The second kappa shape index (κ2) is 4.56. The van der Waals surface area contributed by atoms with E-state index in [-0.39, 0.29) is 0 Å². The zero-order valence-electron chi connectivity index (χ0n) is 9.34. The van der Waals surface area contributed by atoms with Crippen LogP contribution in [-0.4, -0.2) is 0 Å². The molecule has 2 aromatic carbocycles. The van der Waals surface area contributed by atoms with E-state index in [4.69, 9.17) is 0 Å². The Balaban J connectivity index is 1.92. The first-order valence-corrected chi connectivity index (χ1v) is 6.50. The molecule has 1 heterocycles. The lowest BCUT2D eigenvalue weighted by atomic mass is 10.1. The quantitative estimate of drug-likeness (QED) is 0.545. The van der Waals surface area contributed by atoms with Crippen molar-refractivity contribution in [2.24, 2.45) is 0 Å². The molecule has 3 aromatic rings. The summed E-state index contributed by atoms with van der Waals surface area (Å²) in [4.78, 5) is 0. The summed E-state index contributed by atoms with van der Waals surface area (Å²) in [6, 6.07) is 19.1. The normalized spacial score (nSPS) is 11.3. The highest BCUT2D eigenvalue weighted by molar-refractivity contribution is 7.17. The fourth-order valence-electron chi connectivity index (χ4n) is 1.83. The lowest BCUT2D eigenvalue weighted by Gasteiger charge is -1.95. The van der Waals surface area contributed by atoms with Crippen LogP contribution in [0.3, 0.4) is 0 Å². The standard InChI is InChI=1S/C16H12S/c1-2-4-13(5-3-1)6-7-14-8-9-15-10-11-17-16(15)12-14/h1-12H. The number of fused-ring (bicyclic) bond motifs is 1. The van der Waals surface area contributed by atoms with E-state index in [0.29, 0.717) is 0 Å². The van der Waals surface area contributed by atoms with E-state index < -0.39 is 0 Å². The molecule has 0 saturated carbocycles. The van der Waals surface area contributed by atoms with Crippen LogP contribution in [0.5, 0.6) is 0 Å². The molecular formula is C16H12S. The van der Waals surface area contributed by atoms with Crippen molar-refractivity contribution >= 4 is 33.6 Å². The second-order valence-electron chi connectivity index (χ2n) is 3.96. The molecule has 0 aliphatic carbocycles. The summed E-state index contributed by atoms with van der Waals surface area (Å²) in [7, 11) is 0. The van der Waals surface area contributed by atoms with E-state index in [1.54, 1.807) is 11.3 Å². The number of hydrogen-bond donors (Lipinski definition) is 0. The molecule has 1 aromatic heterocycles. The SMILES string of the molecule is C(=Cc1ccc2ccsc2c1)c1ccccc1. The van der Waals surface area contributed by atoms with Crippen LogP contribution in [0.4, 0.5) is 0 Å². The van der Waals surface area contributed by atoms with E-state index in [1.807, 2.05) is 6.07 Å². The first kappa shape index (κ1) is 10.3. The van der Waals surface area contributed by atoms with Gasteiger partial charge in [-0.1, -0.05) is 54.6 Å². The van der Waals surface area contributed by atoms with Gasteiger partial charge in [0.05, 0.1) is 0 Å². The summed E-state index contributed by atoms with van der Waals surface area (Å²) in [5, 5.41) is 3.46. The van der Waals surface area contributed by atoms with E-state index in [1.165, 1.54) is 21.2 Å². The van der Waals surface area contributed by atoms with Gasteiger partial charge in [-0.3, -0.25) is 0 Å². The van der Waals surface area contributed by atoms with Gasteiger partial charge in [0.1, 0.15) is 0 Å². The van der Waals surface area contributed by atoms with Gasteiger partial charge in [0.25, 0.3) is 0 Å². The number of benzene rings is 2. The summed E-state index contributed by atoms with van der Waals surface area (Å²) < 4.78 is 1.35. The lowest BCUT2D eigenvalue weighted by Crippen LogP contribution is -1.72. The van der Waals surface area contributed by atoms with Crippen LogP contribution in [0.15, 0.2) is 60.0 Å². The van der Waals surface area contributed by atoms with Crippen LogP contribution in [0.25, 0.3) is 22.2 Å². The van der Waals surface area contributed by atoms with Gasteiger partial charge in [0.2, 0.25) is 0 Å². The Hall–Kier alpha value is -1.86. The maximum atomic E-state index is 2.24. The van der Waals surface area contributed by atoms with Crippen molar-refractivity contribution in [1.82, 2.24) is 0 Å². The van der Waals surface area contributed by atoms with E-state index in [0.717, 1.165) is 0 Å². The van der Waals surface area contributed by atoms with Crippen LogP contribution in [0, 0.1) is 0 Å². The Kier molecular flexibility index (Phi) is 2.76. The molecule has 0 nitrogen and oxygen atoms in total. The Bertz CT molecular complexity index is 647. The summed E-state index contributed by atoms with van der Waals surface area (Å²) in [6.45, 7) is 0. The molecule has 0 aliphatic heterocycles.